The molecule has 2 heterocycles. The molecule has 2 aromatic heterocycles. The lowest BCUT2D eigenvalue weighted by molar-refractivity contribution is 0.205. The summed E-state index contributed by atoms with van der Waals surface area (Å²) in [5.74, 6) is 0.633. The van der Waals surface area contributed by atoms with Crippen LogP contribution in [-0.2, 0) is 17.7 Å². The average Bonchev–Trinajstić information content (AvgIpc) is 3.18. The van der Waals surface area contributed by atoms with Gasteiger partial charge in [0, 0.05) is 48.1 Å². The monoisotopic (exact) mass is 384 g/mol. The molecule has 0 aliphatic heterocycles. The molecule has 4 aromatic rings. The summed E-state index contributed by atoms with van der Waals surface area (Å²) in [6.45, 7) is 4.23. The molecule has 4 rings (SSSR count). The number of aromatic amines is 1. The number of pyridine rings is 1. The predicted molar refractivity (Wildman–Crippen MR) is 119 cm³/mol. The first kappa shape index (κ1) is 18.7. The highest BCUT2D eigenvalue weighted by molar-refractivity contribution is 5.83. The van der Waals surface area contributed by atoms with E-state index in [1.54, 1.807) is 0 Å². The van der Waals surface area contributed by atoms with Crippen molar-refractivity contribution in [3.8, 4) is 0 Å². The van der Waals surface area contributed by atoms with Gasteiger partial charge in [0.15, 0.2) is 0 Å². The molecule has 0 amide bonds. The van der Waals surface area contributed by atoms with E-state index < -0.39 is 0 Å². The maximum atomic E-state index is 5.31. The average molecular weight is 384 g/mol. The van der Waals surface area contributed by atoms with Gasteiger partial charge in [0.25, 0.3) is 0 Å². The molecule has 0 aliphatic rings. The van der Waals surface area contributed by atoms with E-state index in [9.17, 15) is 0 Å². The second kappa shape index (κ2) is 9.06. The Kier molecular flexibility index (Phi) is 5.86. The minimum Gasteiger partial charge on any atom is -0.361 e. The summed E-state index contributed by atoms with van der Waals surface area (Å²) in [4.78, 5) is 12.8. The van der Waals surface area contributed by atoms with E-state index in [2.05, 4.69) is 69.8 Å². The Bertz CT molecular complexity index is 1150. The van der Waals surface area contributed by atoms with E-state index in [1.165, 1.54) is 27.4 Å². The van der Waals surface area contributed by atoms with Crippen LogP contribution in [0, 0.1) is 0 Å². The number of nitrogens with zero attached hydrogens (tertiary/aromatic N) is 2. The van der Waals surface area contributed by atoms with E-state index in [-0.39, 0.29) is 0 Å². The second-order valence-electron chi connectivity index (χ2n) is 6.94. The van der Waals surface area contributed by atoms with Gasteiger partial charge in [0.05, 0.1) is 0 Å². The number of nitrogens with one attached hydrogen (secondary N) is 2. The number of allylic oxidation sites excluding steroid dienone is 1. The van der Waals surface area contributed by atoms with Crippen molar-refractivity contribution in [2.45, 2.75) is 19.3 Å². The summed E-state index contributed by atoms with van der Waals surface area (Å²) in [5.41, 5.74) is 3.72. The van der Waals surface area contributed by atoms with Crippen LogP contribution < -0.4 is 5.32 Å². The fourth-order valence-electron chi connectivity index (χ4n) is 3.51. The molecule has 0 atom stereocenters. The third kappa shape index (κ3) is 4.63. The molecule has 0 spiro atoms. The van der Waals surface area contributed by atoms with Gasteiger partial charge in [-0.25, -0.2) is 0 Å². The van der Waals surface area contributed by atoms with E-state index in [1.807, 2.05) is 30.6 Å². The van der Waals surface area contributed by atoms with Gasteiger partial charge in [-0.05, 0) is 54.0 Å². The van der Waals surface area contributed by atoms with Crippen LogP contribution >= 0.6 is 0 Å². The molecular formula is C24H24N4O. The van der Waals surface area contributed by atoms with Crippen molar-refractivity contribution in [3.63, 3.8) is 0 Å². The van der Waals surface area contributed by atoms with Crippen LogP contribution in [-0.4, -0.2) is 23.2 Å². The Labute approximate surface area is 170 Å². The van der Waals surface area contributed by atoms with Gasteiger partial charge in [-0.15, -0.1) is 0 Å². The van der Waals surface area contributed by atoms with Gasteiger partial charge in [0.1, 0.15) is 0 Å². The quantitative estimate of drug-likeness (QED) is 0.186. The SMILES string of the molecule is C=NO/C(=C\Cc1ccc2cnccc2c1)NCCCc1c[nH]c2ccccc12. The number of aryl methyl sites for hydroxylation is 1. The van der Waals surface area contributed by atoms with Crippen LogP contribution in [0.2, 0.25) is 0 Å². The molecule has 5 heteroatoms. The standard InChI is InChI=1S/C24H24N4O/c1-25-29-24(11-9-18-8-10-20-16-26-14-12-19(20)15-18)27-13-4-5-21-17-28-23-7-3-2-6-22(21)23/h2-3,6-8,10-12,14-17,27-28H,1,4-5,9,13H2/b24-11-. The molecule has 0 fully saturated rings. The molecular weight excluding hydrogens is 360 g/mol. The summed E-state index contributed by atoms with van der Waals surface area (Å²) in [5, 5.41) is 10.5. The number of hydrogen-bond acceptors (Lipinski definition) is 4. The Morgan fingerprint density at radius 1 is 1.17 bits per heavy atom. The third-order valence-electron chi connectivity index (χ3n) is 4.99. The Hall–Kier alpha value is -3.60. The molecule has 0 bridgehead atoms. The van der Waals surface area contributed by atoms with Crippen molar-refractivity contribution in [1.82, 2.24) is 15.3 Å². The fourth-order valence-corrected chi connectivity index (χ4v) is 3.51. The van der Waals surface area contributed by atoms with Crippen molar-refractivity contribution >= 4 is 28.4 Å². The largest absolute Gasteiger partial charge is 0.361 e. The second-order valence-corrected chi connectivity index (χ2v) is 6.94. The number of oxime groups is 1. The van der Waals surface area contributed by atoms with Gasteiger partial charge in [-0.1, -0.05) is 41.6 Å². The first-order valence-corrected chi connectivity index (χ1v) is 9.78. The molecule has 2 N–H and O–H groups in total. The zero-order chi connectivity index (χ0) is 19.9. The lowest BCUT2D eigenvalue weighted by Gasteiger charge is -2.09. The zero-order valence-corrected chi connectivity index (χ0v) is 16.3. The number of rotatable bonds is 9. The number of benzene rings is 2. The molecule has 0 aliphatic carbocycles. The van der Waals surface area contributed by atoms with Gasteiger partial charge in [0.2, 0.25) is 5.88 Å². The lowest BCUT2D eigenvalue weighted by atomic mass is 10.1. The van der Waals surface area contributed by atoms with Crippen LogP contribution in [0.4, 0.5) is 0 Å². The predicted octanol–water partition coefficient (Wildman–Crippen LogP) is 4.95. The highest BCUT2D eigenvalue weighted by atomic mass is 16.6. The van der Waals surface area contributed by atoms with Crippen LogP contribution in [0.5, 0.6) is 0 Å². The summed E-state index contributed by atoms with van der Waals surface area (Å²) >= 11 is 0. The smallest absolute Gasteiger partial charge is 0.219 e. The van der Waals surface area contributed by atoms with Crippen LogP contribution in [0.25, 0.3) is 21.7 Å². The van der Waals surface area contributed by atoms with Crippen molar-refractivity contribution in [2.24, 2.45) is 5.16 Å². The topological polar surface area (TPSA) is 62.3 Å². The third-order valence-corrected chi connectivity index (χ3v) is 4.99. The molecule has 0 radical (unpaired) electrons. The zero-order valence-electron chi connectivity index (χ0n) is 16.3. The van der Waals surface area contributed by atoms with Crippen LogP contribution in [0.15, 0.2) is 84.2 Å². The molecule has 0 saturated carbocycles. The molecule has 2 aromatic carbocycles. The van der Waals surface area contributed by atoms with Gasteiger partial charge < -0.3 is 15.1 Å². The minimum absolute atomic E-state index is 0.633. The summed E-state index contributed by atoms with van der Waals surface area (Å²) < 4.78 is 0. The first-order valence-electron chi connectivity index (χ1n) is 9.78. The van der Waals surface area contributed by atoms with Crippen LogP contribution in [0.1, 0.15) is 17.5 Å². The fraction of sp³-hybridized carbons (Fsp3) is 0.167. The number of hydrogen-bond donors (Lipinski definition) is 2. The first-order chi connectivity index (χ1) is 14.3. The van der Waals surface area contributed by atoms with Gasteiger partial charge >= 0.3 is 0 Å². The molecule has 5 nitrogen and oxygen atoms in total. The Morgan fingerprint density at radius 3 is 3.03 bits per heavy atom. The van der Waals surface area contributed by atoms with Gasteiger partial charge in [-0.2, -0.15) is 0 Å². The minimum atomic E-state index is 0.633. The maximum Gasteiger partial charge on any atom is 0.219 e. The number of fused-ring (bicyclic) bond motifs is 2. The highest BCUT2D eigenvalue weighted by Gasteiger charge is 2.04. The summed E-state index contributed by atoms with van der Waals surface area (Å²) in [6, 6.07) is 16.8. The van der Waals surface area contributed by atoms with E-state index in [4.69, 9.17) is 4.84 Å². The van der Waals surface area contributed by atoms with E-state index in [0.717, 1.165) is 31.2 Å². The normalized spacial score (nSPS) is 11.7. The van der Waals surface area contributed by atoms with Crippen LogP contribution in [0.3, 0.4) is 0 Å². The Balaban J connectivity index is 1.33. The van der Waals surface area contributed by atoms with Crippen molar-refractivity contribution in [2.75, 3.05) is 6.54 Å². The Morgan fingerprint density at radius 2 is 2.10 bits per heavy atom. The molecule has 0 unspecified atom stereocenters. The van der Waals surface area contributed by atoms with Crippen molar-refractivity contribution < 1.29 is 4.84 Å². The van der Waals surface area contributed by atoms with E-state index in [0.29, 0.717) is 5.88 Å². The van der Waals surface area contributed by atoms with Gasteiger partial charge in [-0.3, -0.25) is 4.98 Å². The van der Waals surface area contributed by atoms with Crippen molar-refractivity contribution in [1.29, 1.82) is 0 Å². The maximum absolute atomic E-state index is 5.31. The number of aromatic nitrogens is 2. The highest BCUT2D eigenvalue weighted by Crippen LogP contribution is 2.19. The van der Waals surface area contributed by atoms with E-state index >= 15 is 0 Å². The number of para-hydroxylation sites is 1. The summed E-state index contributed by atoms with van der Waals surface area (Å²) in [6.07, 6.45) is 10.5. The molecule has 146 valence electrons. The molecule has 0 saturated heterocycles. The summed E-state index contributed by atoms with van der Waals surface area (Å²) in [7, 11) is 0. The number of H-pyrrole nitrogens is 1. The van der Waals surface area contributed by atoms with Crippen molar-refractivity contribution in [3.05, 3.63) is 90.2 Å². The molecule has 29 heavy (non-hydrogen) atoms. The lowest BCUT2D eigenvalue weighted by Crippen LogP contribution is -2.16.